The van der Waals surface area contributed by atoms with Crippen LogP contribution in [0.25, 0.3) is 0 Å². The van der Waals surface area contributed by atoms with E-state index in [0.717, 1.165) is 43.4 Å². The molecule has 0 bridgehead atoms. The molecule has 1 aromatic heterocycles. The fourth-order valence-electron chi connectivity index (χ4n) is 3.64. The molecule has 0 aliphatic heterocycles. The summed E-state index contributed by atoms with van der Waals surface area (Å²) in [6.07, 6.45) is 5.01. The van der Waals surface area contributed by atoms with Gasteiger partial charge in [-0.05, 0) is 25.7 Å². The number of thiazole rings is 1. The van der Waals surface area contributed by atoms with Gasteiger partial charge < -0.3 is 38.3 Å². The molecule has 1 saturated carbocycles. The third-order valence-corrected chi connectivity index (χ3v) is 6.22. The predicted octanol–water partition coefficient (Wildman–Crippen LogP) is -0.165. The number of carboxylic acids is 1. The zero-order valence-electron chi connectivity index (χ0n) is 19.9. The summed E-state index contributed by atoms with van der Waals surface area (Å²) in [6, 6.07) is -1.97. The quantitative estimate of drug-likeness (QED) is 0.0987. The summed E-state index contributed by atoms with van der Waals surface area (Å²) in [5, 5.41) is 19.0. The Labute approximate surface area is 219 Å². The second-order valence-electron chi connectivity index (χ2n) is 8.43. The molecule has 0 spiro atoms. The number of aromatic nitrogens is 1. The van der Waals surface area contributed by atoms with Crippen LogP contribution in [0.4, 0.5) is 5.13 Å². The first-order valence-corrected chi connectivity index (χ1v) is 12.4. The van der Waals surface area contributed by atoms with Crippen LogP contribution in [0.5, 0.6) is 0 Å². The summed E-state index contributed by atoms with van der Waals surface area (Å²) in [5.74, 6) is -2.70. The zero-order valence-corrected chi connectivity index (χ0v) is 21.5. The van der Waals surface area contributed by atoms with Crippen LogP contribution in [0, 0.1) is 0 Å². The highest BCUT2D eigenvalue weighted by Gasteiger charge is 2.26. The number of anilines is 1. The molecule has 1 aliphatic carbocycles. The van der Waals surface area contributed by atoms with Crippen LogP contribution in [0.3, 0.4) is 0 Å². The average Bonchev–Trinajstić information content (AvgIpc) is 3.22. The van der Waals surface area contributed by atoms with E-state index < -0.39 is 42.2 Å². The number of carboxylic acid groups (broad SMARTS) is 1. The van der Waals surface area contributed by atoms with Gasteiger partial charge in [-0.1, -0.05) is 19.3 Å². The van der Waals surface area contributed by atoms with Gasteiger partial charge >= 0.3 is 5.97 Å². The number of nitrogens with two attached hydrogens (primary N) is 3. The van der Waals surface area contributed by atoms with E-state index in [1.54, 1.807) is 5.38 Å². The number of rotatable bonds is 13. The molecule has 3 amide bonds. The summed E-state index contributed by atoms with van der Waals surface area (Å²) in [4.78, 5) is 56.5. The number of aliphatic imine (C=N–C) groups is 1. The molecule has 1 heterocycles. The summed E-state index contributed by atoms with van der Waals surface area (Å²) < 4.78 is 0. The van der Waals surface area contributed by atoms with Crippen molar-refractivity contribution >= 4 is 58.5 Å². The Bertz CT molecular complexity index is 918. The van der Waals surface area contributed by atoms with Gasteiger partial charge in [-0.15, -0.1) is 23.7 Å². The first kappa shape index (κ1) is 31.1. The van der Waals surface area contributed by atoms with E-state index in [1.165, 1.54) is 0 Å². The van der Waals surface area contributed by atoms with Gasteiger partial charge in [-0.2, -0.15) is 0 Å². The largest absolute Gasteiger partial charge is 0.481 e. The van der Waals surface area contributed by atoms with Gasteiger partial charge in [0.15, 0.2) is 11.1 Å². The lowest BCUT2D eigenvalue weighted by Gasteiger charge is -2.25. The standard InChI is InChI=1S/C21H34N8O5S.ClH/c22-14(7-4-8-25-20(23)24)18(33)29-21-27-13(11-35-21)9-16(30)28-15(10-17(31)32)19(34)26-12-5-2-1-3-6-12;/h11-12,14-15H,1-10,22H2,(H,26,34)(H,28,30)(H,31,32)(H4,23,24,25)(H,27,29,33);1H/t14-,15-;/m0./s1. The monoisotopic (exact) mass is 546 g/mol. The Hall–Kier alpha value is -2.97. The van der Waals surface area contributed by atoms with Crippen molar-refractivity contribution in [1.82, 2.24) is 15.6 Å². The maximum atomic E-state index is 12.6. The molecule has 0 unspecified atom stereocenters. The second kappa shape index (κ2) is 15.9. The molecule has 1 fully saturated rings. The fraction of sp³-hybridized carbons (Fsp3) is 0.619. The van der Waals surface area contributed by atoms with Gasteiger partial charge in [-0.25, -0.2) is 4.98 Å². The second-order valence-corrected chi connectivity index (χ2v) is 9.28. The third-order valence-electron chi connectivity index (χ3n) is 5.41. The van der Waals surface area contributed by atoms with Gasteiger partial charge in [0.05, 0.1) is 24.6 Å². The van der Waals surface area contributed by atoms with Gasteiger partial charge in [0.2, 0.25) is 17.7 Å². The van der Waals surface area contributed by atoms with Crippen LogP contribution in [-0.2, 0) is 25.6 Å². The lowest BCUT2D eigenvalue weighted by atomic mass is 9.95. The van der Waals surface area contributed by atoms with Crippen LogP contribution in [0.2, 0.25) is 0 Å². The minimum atomic E-state index is -1.19. The topological polar surface area (TPSA) is 228 Å². The summed E-state index contributed by atoms with van der Waals surface area (Å²) in [5.41, 5.74) is 16.7. The molecule has 1 aromatic rings. The Morgan fingerprint density at radius 2 is 1.86 bits per heavy atom. The molecular weight excluding hydrogens is 512 g/mol. The summed E-state index contributed by atoms with van der Waals surface area (Å²) in [6.45, 7) is 0.362. The van der Waals surface area contributed by atoms with Crippen LogP contribution >= 0.6 is 23.7 Å². The zero-order chi connectivity index (χ0) is 25.8. The first-order chi connectivity index (χ1) is 16.6. The van der Waals surface area contributed by atoms with E-state index >= 15 is 0 Å². The molecule has 2 atom stereocenters. The van der Waals surface area contributed by atoms with Crippen molar-refractivity contribution in [1.29, 1.82) is 0 Å². The number of carbonyl (C=O) groups excluding carboxylic acids is 3. The van der Waals surface area contributed by atoms with E-state index in [-0.39, 0.29) is 36.0 Å². The van der Waals surface area contributed by atoms with Crippen molar-refractivity contribution in [2.24, 2.45) is 22.2 Å². The number of hydrogen-bond acceptors (Lipinski definition) is 8. The number of aliphatic carboxylic acids is 1. The highest BCUT2D eigenvalue weighted by atomic mass is 35.5. The van der Waals surface area contributed by atoms with Gasteiger partial charge in [0.1, 0.15) is 6.04 Å². The Morgan fingerprint density at radius 1 is 1.17 bits per heavy atom. The number of carbonyl (C=O) groups is 4. The number of guanidine groups is 1. The molecule has 15 heteroatoms. The van der Waals surface area contributed by atoms with Crippen LogP contribution in [-0.4, -0.2) is 64.4 Å². The SMILES string of the molecule is Cl.NC(N)=NCCC[C@H](N)C(=O)Nc1nc(CC(=O)N[C@@H](CC(=O)O)C(=O)NC2CCCCC2)cs1. The summed E-state index contributed by atoms with van der Waals surface area (Å²) in [7, 11) is 0. The lowest BCUT2D eigenvalue weighted by Crippen LogP contribution is -2.51. The number of hydrogen-bond donors (Lipinski definition) is 7. The number of amides is 3. The smallest absolute Gasteiger partial charge is 0.305 e. The minimum Gasteiger partial charge on any atom is -0.481 e. The molecule has 13 nitrogen and oxygen atoms in total. The van der Waals surface area contributed by atoms with Crippen molar-refractivity contribution < 1.29 is 24.3 Å². The van der Waals surface area contributed by atoms with Crippen LogP contribution in [0.15, 0.2) is 10.4 Å². The molecule has 0 aromatic carbocycles. The Balaban J connectivity index is 0.00000648. The van der Waals surface area contributed by atoms with Crippen molar-refractivity contribution in [2.75, 3.05) is 11.9 Å². The minimum absolute atomic E-state index is 0. The van der Waals surface area contributed by atoms with Crippen LogP contribution < -0.4 is 33.2 Å². The van der Waals surface area contributed by atoms with Crippen molar-refractivity contribution in [3.63, 3.8) is 0 Å². The molecule has 0 radical (unpaired) electrons. The van der Waals surface area contributed by atoms with Crippen molar-refractivity contribution in [3.05, 3.63) is 11.1 Å². The summed E-state index contributed by atoms with van der Waals surface area (Å²) >= 11 is 1.12. The molecular formula is C21H35ClN8O5S. The van der Waals surface area contributed by atoms with E-state index in [1.807, 2.05) is 0 Å². The number of halogens is 1. The average molecular weight is 547 g/mol. The van der Waals surface area contributed by atoms with E-state index in [9.17, 15) is 19.2 Å². The number of nitrogens with zero attached hydrogens (tertiary/aromatic N) is 2. The lowest BCUT2D eigenvalue weighted by molar-refractivity contribution is -0.140. The number of nitrogens with one attached hydrogen (secondary N) is 3. The van der Waals surface area contributed by atoms with Gasteiger partial charge in [-0.3, -0.25) is 24.2 Å². The van der Waals surface area contributed by atoms with E-state index in [0.29, 0.717) is 25.1 Å². The van der Waals surface area contributed by atoms with Crippen molar-refractivity contribution in [3.8, 4) is 0 Å². The molecule has 0 saturated heterocycles. The Kier molecular flexibility index (Phi) is 13.7. The Morgan fingerprint density at radius 3 is 2.50 bits per heavy atom. The highest BCUT2D eigenvalue weighted by molar-refractivity contribution is 7.13. The molecule has 1 aliphatic rings. The first-order valence-electron chi connectivity index (χ1n) is 11.5. The molecule has 2 rings (SSSR count). The fourth-order valence-corrected chi connectivity index (χ4v) is 4.35. The highest BCUT2D eigenvalue weighted by Crippen LogP contribution is 2.18. The predicted molar refractivity (Wildman–Crippen MR) is 139 cm³/mol. The molecule has 202 valence electrons. The van der Waals surface area contributed by atoms with Crippen molar-refractivity contribution in [2.45, 2.75) is 75.9 Å². The van der Waals surface area contributed by atoms with Gasteiger partial charge in [0, 0.05) is 18.0 Å². The van der Waals surface area contributed by atoms with Crippen LogP contribution in [0.1, 0.15) is 57.1 Å². The van der Waals surface area contributed by atoms with E-state index in [2.05, 4.69) is 25.9 Å². The molecule has 10 N–H and O–H groups in total. The van der Waals surface area contributed by atoms with E-state index in [4.69, 9.17) is 22.3 Å². The molecule has 36 heavy (non-hydrogen) atoms. The third kappa shape index (κ3) is 11.6. The maximum absolute atomic E-state index is 12.6. The normalized spacial score (nSPS) is 15.0. The van der Waals surface area contributed by atoms with Gasteiger partial charge in [0.25, 0.3) is 0 Å². The maximum Gasteiger partial charge on any atom is 0.305 e.